The lowest BCUT2D eigenvalue weighted by Gasteiger charge is -2.20. The standard InChI is InChI=1S/C17H30N2/c1-14(18-16-9-5-3-6-10-16)13-15(2)19-17-11-7-4-8-12-17/h16-17H,3-13H2,1-2H3. The van der Waals surface area contributed by atoms with E-state index in [1.165, 1.54) is 75.6 Å². The predicted octanol–water partition coefficient (Wildman–Crippen LogP) is 4.96. The van der Waals surface area contributed by atoms with E-state index in [1.54, 1.807) is 0 Å². The highest BCUT2D eigenvalue weighted by atomic mass is 14.8. The first kappa shape index (κ1) is 14.7. The third-order valence-corrected chi connectivity index (χ3v) is 4.47. The average Bonchev–Trinajstić information content (AvgIpc) is 2.40. The van der Waals surface area contributed by atoms with E-state index in [9.17, 15) is 0 Å². The van der Waals surface area contributed by atoms with Crippen molar-refractivity contribution >= 4 is 11.4 Å². The minimum Gasteiger partial charge on any atom is -0.291 e. The van der Waals surface area contributed by atoms with Crippen LogP contribution >= 0.6 is 0 Å². The second-order valence-corrected chi connectivity index (χ2v) is 6.49. The molecule has 0 aliphatic heterocycles. The second-order valence-electron chi connectivity index (χ2n) is 6.49. The number of aliphatic imine (C=N–C) groups is 2. The summed E-state index contributed by atoms with van der Waals surface area (Å²) in [5.41, 5.74) is 2.59. The molecule has 0 saturated heterocycles. The molecule has 2 nitrogen and oxygen atoms in total. The van der Waals surface area contributed by atoms with Crippen molar-refractivity contribution in [1.29, 1.82) is 0 Å². The molecule has 0 N–H and O–H groups in total. The number of hydrogen-bond acceptors (Lipinski definition) is 2. The number of rotatable bonds is 4. The Morgan fingerprint density at radius 3 is 1.42 bits per heavy atom. The van der Waals surface area contributed by atoms with Gasteiger partial charge in [0.15, 0.2) is 0 Å². The van der Waals surface area contributed by atoms with Gasteiger partial charge in [0.25, 0.3) is 0 Å². The maximum Gasteiger partial charge on any atom is 0.0499 e. The van der Waals surface area contributed by atoms with Crippen LogP contribution in [0.5, 0.6) is 0 Å². The molecule has 2 aliphatic rings. The summed E-state index contributed by atoms with van der Waals surface area (Å²) in [5, 5.41) is 0. The first-order valence-electron chi connectivity index (χ1n) is 8.30. The molecule has 2 rings (SSSR count). The van der Waals surface area contributed by atoms with Gasteiger partial charge in [0.1, 0.15) is 0 Å². The van der Waals surface area contributed by atoms with Crippen LogP contribution in [0.15, 0.2) is 9.98 Å². The van der Waals surface area contributed by atoms with Gasteiger partial charge in [0, 0.05) is 29.9 Å². The fraction of sp³-hybridized carbons (Fsp3) is 0.882. The first-order valence-corrected chi connectivity index (χ1v) is 8.30. The van der Waals surface area contributed by atoms with Crippen LogP contribution < -0.4 is 0 Å². The lowest BCUT2D eigenvalue weighted by atomic mass is 9.95. The van der Waals surface area contributed by atoms with E-state index in [0.29, 0.717) is 12.1 Å². The van der Waals surface area contributed by atoms with Crippen molar-refractivity contribution in [3.05, 3.63) is 0 Å². The first-order chi connectivity index (χ1) is 9.24. The van der Waals surface area contributed by atoms with Crippen LogP contribution in [-0.4, -0.2) is 23.5 Å². The highest BCUT2D eigenvalue weighted by Crippen LogP contribution is 2.22. The van der Waals surface area contributed by atoms with Gasteiger partial charge < -0.3 is 0 Å². The van der Waals surface area contributed by atoms with Crippen molar-refractivity contribution in [2.75, 3.05) is 0 Å². The molecule has 2 heteroatoms. The molecule has 108 valence electrons. The molecule has 0 atom stereocenters. The van der Waals surface area contributed by atoms with E-state index < -0.39 is 0 Å². The van der Waals surface area contributed by atoms with Gasteiger partial charge in [-0.3, -0.25) is 9.98 Å². The van der Waals surface area contributed by atoms with E-state index in [4.69, 9.17) is 9.98 Å². The lowest BCUT2D eigenvalue weighted by Crippen LogP contribution is -2.15. The highest BCUT2D eigenvalue weighted by molar-refractivity contribution is 6.02. The largest absolute Gasteiger partial charge is 0.291 e. The number of nitrogens with zero attached hydrogens (tertiary/aromatic N) is 2. The van der Waals surface area contributed by atoms with E-state index in [-0.39, 0.29) is 0 Å². The average molecular weight is 262 g/mol. The monoisotopic (exact) mass is 262 g/mol. The van der Waals surface area contributed by atoms with Crippen LogP contribution in [0.25, 0.3) is 0 Å². The summed E-state index contributed by atoms with van der Waals surface area (Å²) in [6.45, 7) is 4.38. The second kappa shape index (κ2) is 7.81. The fourth-order valence-electron chi connectivity index (χ4n) is 3.51. The Bertz CT molecular complexity index is 286. The Kier molecular flexibility index (Phi) is 6.06. The lowest BCUT2D eigenvalue weighted by molar-refractivity contribution is 0.442. The van der Waals surface area contributed by atoms with Crippen LogP contribution in [0.3, 0.4) is 0 Å². The SMILES string of the molecule is CC(CC(C)=NC1CCCCC1)=NC1CCCCC1. The molecule has 0 bridgehead atoms. The Labute approximate surface area is 118 Å². The number of hydrogen-bond donors (Lipinski definition) is 0. The van der Waals surface area contributed by atoms with Crippen molar-refractivity contribution in [2.45, 2.75) is 96.6 Å². The smallest absolute Gasteiger partial charge is 0.0499 e. The summed E-state index contributed by atoms with van der Waals surface area (Å²) in [6.07, 6.45) is 14.5. The van der Waals surface area contributed by atoms with Crippen molar-refractivity contribution in [3.63, 3.8) is 0 Å². The molecule has 2 saturated carbocycles. The van der Waals surface area contributed by atoms with Gasteiger partial charge in [-0.2, -0.15) is 0 Å². The van der Waals surface area contributed by atoms with Gasteiger partial charge >= 0.3 is 0 Å². The molecule has 2 aliphatic carbocycles. The maximum absolute atomic E-state index is 4.90. The van der Waals surface area contributed by atoms with Crippen molar-refractivity contribution in [2.24, 2.45) is 9.98 Å². The summed E-state index contributed by atoms with van der Waals surface area (Å²) in [4.78, 5) is 9.81. The van der Waals surface area contributed by atoms with Gasteiger partial charge in [-0.1, -0.05) is 38.5 Å². The van der Waals surface area contributed by atoms with Crippen LogP contribution in [0.4, 0.5) is 0 Å². The molecule has 0 aromatic rings. The van der Waals surface area contributed by atoms with Gasteiger partial charge in [-0.15, -0.1) is 0 Å². The predicted molar refractivity (Wildman–Crippen MR) is 84.6 cm³/mol. The summed E-state index contributed by atoms with van der Waals surface area (Å²) in [7, 11) is 0. The minimum absolute atomic E-state index is 0.608. The van der Waals surface area contributed by atoms with E-state index in [1.807, 2.05) is 0 Å². The summed E-state index contributed by atoms with van der Waals surface area (Å²) >= 11 is 0. The quantitative estimate of drug-likeness (QED) is 0.639. The van der Waals surface area contributed by atoms with Crippen LogP contribution in [0, 0.1) is 0 Å². The highest BCUT2D eigenvalue weighted by Gasteiger charge is 2.14. The zero-order valence-corrected chi connectivity index (χ0v) is 12.8. The summed E-state index contributed by atoms with van der Waals surface area (Å²) < 4.78 is 0. The van der Waals surface area contributed by atoms with Crippen molar-refractivity contribution in [3.8, 4) is 0 Å². The molecule has 19 heavy (non-hydrogen) atoms. The molecule has 0 amide bonds. The van der Waals surface area contributed by atoms with Crippen LogP contribution in [0.1, 0.15) is 84.5 Å². The molecular formula is C17H30N2. The normalized spacial score (nSPS) is 24.7. The van der Waals surface area contributed by atoms with Crippen molar-refractivity contribution < 1.29 is 0 Å². The molecule has 0 heterocycles. The van der Waals surface area contributed by atoms with E-state index in [0.717, 1.165) is 6.42 Å². The van der Waals surface area contributed by atoms with Crippen LogP contribution in [-0.2, 0) is 0 Å². The van der Waals surface area contributed by atoms with Crippen LogP contribution in [0.2, 0.25) is 0 Å². The molecule has 0 unspecified atom stereocenters. The zero-order chi connectivity index (χ0) is 13.5. The van der Waals surface area contributed by atoms with E-state index in [2.05, 4.69) is 13.8 Å². The maximum atomic E-state index is 4.90. The third kappa shape index (κ3) is 5.46. The Balaban J connectivity index is 1.80. The van der Waals surface area contributed by atoms with E-state index >= 15 is 0 Å². The minimum atomic E-state index is 0.608. The summed E-state index contributed by atoms with van der Waals surface area (Å²) in [6, 6.07) is 1.22. The summed E-state index contributed by atoms with van der Waals surface area (Å²) in [5.74, 6) is 0. The fourth-order valence-corrected chi connectivity index (χ4v) is 3.51. The molecule has 2 fully saturated rings. The molecular weight excluding hydrogens is 232 g/mol. The third-order valence-electron chi connectivity index (χ3n) is 4.47. The van der Waals surface area contributed by atoms with Gasteiger partial charge in [-0.05, 0) is 39.5 Å². The molecule has 0 aromatic heterocycles. The topological polar surface area (TPSA) is 24.7 Å². The molecule has 0 spiro atoms. The van der Waals surface area contributed by atoms with Gasteiger partial charge in [0.2, 0.25) is 0 Å². The van der Waals surface area contributed by atoms with Crippen molar-refractivity contribution in [1.82, 2.24) is 0 Å². The molecule has 0 aromatic carbocycles. The van der Waals surface area contributed by atoms with Gasteiger partial charge in [0.05, 0.1) is 0 Å². The molecule has 0 radical (unpaired) electrons. The Hall–Kier alpha value is -0.660. The Morgan fingerprint density at radius 2 is 1.05 bits per heavy atom. The zero-order valence-electron chi connectivity index (χ0n) is 12.8. The van der Waals surface area contributed by atoms with Gasteiger partial charge in [-0.25, -0.2) is 0 Å². The Morgan fingerprint density at radius 1 is 0.684 bits per heavy atom.